The van der Waals surface area contributed by atoms with Crippen molar-refractivity contribution in [2.24, 2.45) is 0 Å². The molecule has 0 bridgehead atoms. The number of rotatable bonds is 8. The highest BCUT2D eigenvalue weighted by Crippen LogP contribution is 2.24. The minimum atomic E-state index is -0.461. The Hall–Kier alpha value is -1.39. The number of hydrogen-bond acceptors (Lipinski definition) is 3. The summed E-state index contributed by atoms with van der Waals surface area (Å²) in [6.07, 6.45) is 4.70. The van der Waals surface area contributed by atoms with E-state index < -0.39 is 5.54 Å². The number of nitrogens with one attached hydrogen (secondary N) is 1. The fraction of sp³-hybridized carbons (Fsp3) is 0.650. The first-order valence-corrected chi connectivity index (χ1v) is 9.44. The third-order valence-corrected chi connectivity index (χ3v) is 5.05. The van der Waals surface area contributed by atoms with Crippen LogP contribution in [0.5, 0.6) is 0 Å². The molecule has 1 aliphatic heterocycles. The minimum absolute atomic E-state index is 0.117. The van der Waals surface area contributed by atoms with E-state index in [1.54, 1.807) is 0 Å². The maximum atomic E-state index is 13.1. The van der Waals surface area contributed by atoms with E-state index in [9.17, 15) is 4.79 Å². The van der Waals surface area contributed by atoms with Gasteiger partial charge in [-0.25, -0.2) is 0 Å². The van der Waals surface area contributed by atoms with Crippen LogP contribution in [0.1, 0.15) is 46.5 Å². The number of anilines is 1. The number of amides is 1. The van der Waals surface area contributed by atoms with Gasteiger partial charge in [0.2, 0.25) is 5.91 Å². The van der Waals surface area contributed by atoms with E-state index in [2.05, 4.69) is 35.9 Å². The normalized spacial score (nSPS) is 22.5. The molecule has 1 unspecified atom stereocenters. The van der Waals surface area contributed by atoms with Crippen molar-refractivity contribution in [3.63, 3.8) is 0 Å². The van der Waals surface area contributed by atoms with E-state index in [0.29, 0.717) is 0 Å². The summed E-state index contributed by atoms with van der Waals surface area (Å²) in [4.78, 5) is 17.9. The molecular formula is C20H33N3O. The molecule has 2 rings (SSSR count). The van der Waals surface area contributed by atoms with Crippen molar-refractivity contribution in [3.05, 3.63) is 30.3 Å². The molecule has 0 spiro atoms. The van der Waals surface area contributed by atoms with E-state index >= 15 is 0 Å². The van der Waals surface area contributed by atoms with Crippen LogP contribution in [0.25, 0.3) is 0 Å². The van der Waals surface area contributed by atoms with Crippen LogP contribution >= 0.6 is 0 Å². The molecule has 0 radical (unpaired) electrons. The molecule has 24 heavy (non-hydrogen) atoms. The van der Waals surface area contributed by atoms with Crippen LogP contribution < -0.4 is 5.32 Å². The van der Waals surface area contributed by atoms with E-state index in [0.717, 1.165) is 51.3 Å². The van der Waals surface area contributed by atoms with Gasteiger partial charge in [-0.3, -0.25) is 14.6 Å². The number of benzene rings is 1. The standard InChI is InChI=1S/C20H33N3O/c1-4-6-13-22-15-16-23(14-7-5-2)20(3,17-22)19(24)21-18-11-9-8-10-12-18/h8-12H,4-7,13-17H2,1-3H3,(H,21,24). The van der Waals surface area contributed by atoms with Crippen molar-refractivity contribution >= 4 is 11.6 Å². The zero-order valence-corrected chi connectivity index (χ0v) is 15.6. The summed E-state index contributed by atoms with van der Waals surface area (Å²) in [7, 11) is 0. The van der Waals surface area contributed by atoms with Crippen LogP contribution in [0.3, 0.4) is 0 Å². The van der Waals surface area contributed by atoms with Crippen molar-refractivity contribution in [2.45, 2.75) is 52.0 Å². The monoisotopic (exact) mass is 331 g/mol. The Morgan fingerprint density at radius 2 is 1.75 bits per heavy atom. The number of hydrogen-bond donors (Lipinski definition) is 1. The van der Waals surface area contributed by atoms with Gasteiger partial charge in [-0.2, -0.15) is 0 Å². The third kappa shape index (κ3) is 4.81. The molecule has 1 atom stereocenters. The highest BCUT2D eigenvalue weighted by molar-refractivity contribution is 5.98. The first kappa shape index (κ1) is 18.9. The minimum Gasteiger partial charge on any atom is -0.324 e. The van der Waals surface area contributed by atoms with Gasteiger partial charge in [-0.05, 0) is 45.0 Å². The fourth-order valence-electron chi connectivity index (χ4n) is 3.41. The van der Waals surface area contributed by atoms with Crippen LogP contribution in [-0.2, 0) is 4.79 Å². The van der Waals surface area contributed by atoms with E-state index in [4.69, 9.17) is 0 Å². The molecule has 1 aromatic carbocycles. The van der Waals surface area contributed by atoms with Crippen molar-refractivity contribution in [2.75, 3.05) is 38.0 Å². The van der Waals surface area contributed by atoms with Gasteiger partial charge in [0.25, 0.3) is 0 Å². The second-order valence-corrected chi connectivity index (χ2v) is 7.06. The number of piperazine rings is 1. The Kier molecular flexibility index (Phi) is 7.25. The van der Waals surface area contributed by atoms with Crippen LogP contribution in [0.4, 0.5) is 5.69 Å². The first-order valence-electron chi connectivity index (χ1n) is 9.44. The van der Waals surface area contributed by atoms with Crippen LogP contribution in [0.2, 0.25) is 0 Å². The second-order valence-electron chi connectivity index (χ2n) is 7.06. The average molecular weight is 332 g/mol. The molecule has 1 aromatic rings. The summed E-state index contributed by atoms with van der Waals surface area (Å²) in [5.41, 5.74) is 0.418. The Bertz CT molecular complexity index is 505. The molecule has 1 amide bonds. The summed E-state index contributed by atoms with van der Waals surface area (Å²) in [6, 6.07) is 9.80. The largest absolute Gasteiger partial charge is 0.324 e. The number of carbonyl (C=O) groups is 1. The molecule has 4 nitrogen and oxygen atoms in total. The molecule has 0 aromatic heterocycles. The summed E-state index contributed by atoms with van der Waals surface area (Å²) in [5.74, 6) is 0.117. The number of nitrogens with zero attached hydrogens (tertiary/aromatic N) is 2. The molecule has 134 valence electrons. The molecule has 1 N–H and O–H groups in total. The zero-order chi connectivity index (χ0) is 17.4. The topological polar surface area (TPSA) is 35.6 Å². The van der Waals surface area contributed by atoms with Gasteiger partial charge in [-0.1, -0.05) is 44.9 Å². The summed E-state index contributed by atoms with van der Waals surface area (Å²) < 4.78 is 0. The molecule has 1 fully saturated rings. The van der Waals surface area contributed by atoms with Crippen LogP contribution in [-0.4, -0.2) is 54.0 Å². The maximum absolute atomic E-state index is 13.1. The Labute approximate surface area is 147 Å². The van der Waals surface area contributed by atoms with Crippen molar-refractivity contribution in [3.8, 4) is 0 Å². The smallest absolute Gasteiger partial charge is 0.245 e. The van der Waals surface area contributed by atoms with Gasteiger partial charge in [0.1, 0.15) is 5.54 Å². The SMILES string of the molecule is CCCCN1CCN(CCCC)C(C)(C(=O)Nc2ccccc2)C1. The van der Waals surface area contributed by atoms with Crippen molar-refractivity contribution < 1.29 is 4.79 Å². The van der Waals surface area contributed by atoms with Gasteiger partial charge in [0.15, 0.2) is 0 Å². The highest BCUT2D eigenvalue weighted by atomic mass is 16.2. The maximum Gasteiger partial charge on any atom is 0.245 e. The zero-order valence-electron chi connectivity index (χ0n) is 15.6. The Morgan fingerprint density at radius 3 is 2.42 bits per heavy atom. The Morgan fingerprint density at radius 1 is 1.08 bits per heavy atom. The highest BCUT2D eigenvalue weighted by Gasteiger charge is 2.43. The van der Waals surface area contributed by atoms with E-state index in [1.165, 1.54) is 12.8 Å². The van der Waals surface area contributed by atoms with Gasteiger partial charge in [0.05, 0.1) is 0 Å². The predicted octanol–water partition coefficient (Wildman–Crippen LogP) is 3.60. The molecule has 0 aliphatic carbocycles. The molecule has 4 heteroatoms. The molecule has 1 heterocycles. The number of para-hydroxylation sites is 1. The van der Waals surface area contributed by atoms with Crippen molar-refractivity contribution in [1.29, 1.82) is 0 Å². The lowest BCUT2D eigenvalue weighted by atomic mass is 9.93. The molecular weight excluding hydrogens is 298 g/mol. The Balaban J connectivity index is 2.11. The number of unbranched alkanes of at least 4 members (excludes halogenated alkanes) is 2. The molecule has 1 aliphatic rings. The van der Waals surface area contributed by atoms with Crippen LogP contribution in [0, 0.1) is 0 Å². The number of carbonyl (C=O) groups excluding carboxylic acids is 1. The van der Waals surface area contributed by atoms with Crippen molar-refractivity contribution in [1.82, 2.24) is 9.80 Å². The van der Waals surface area contributed by atoms with Gasteiger partial charge >= 0.3 is 0 Å². The molecule has 0 saturated carbocycles. The quantitative estimate of drug-likeness (QED) is 0.790. The molecule has 1 saturated heterocycles. The predicted molar refractivity (Wildman–Crippen MR) is 101 cm³/mol. The van der Waals surface area contributed by atoms with E-state index in [-0.39, 0.29) is 5.91 Å². The van der Waals surface area contributed by atoms with Crippen LogP contribution in [0.15, 0.2) is 30.3 Å². The van der Waals surface area contributed by atoms with Gasteiger partial charge < -0.3 is 5.32 Å². The van der Waals surface area contributed by atoms with Gasteiger partial charge in [0, 0.05) is 25.3 Å². The van der Waals surface area contributed by atoms with Gasteiger partial charge in [-0.15, -0.1) is 0 Å². The second kappa shape index (κ2) is 9.19. The summed E-state index contributed by atoms with van der Waals surface area (Å²) in [6.45, 7) is 11.5. The summed E-state index contributed by atoms with van der Waals surface area (Å²) >= 11 is 0. The average Bonchev–Trinajstić information content (AvgIpc) is 2.60. The fourth-order valence-corrected chi connectivity index (χ4v) is 3.41. The third-order valence-electron chi connectivity index (χ3n) is 5.05. The van der Waals surface area contributed by atoms with E-state index in [1.807, 2.05) is 30.3 Å². The lowest BCUT2D eigenvalue weighted by Gasteiger charge is -2.48. The summed E-state index contributed by atoms with van der Waals surface area (Å²) in [5, 5.41) is 3.13. The lowest BCUT2D eigenvalue weighted by Crippen LogP contribution is -2.66. The lowest BCUT2D eigenvalue weighted by molar-refractivity contribution is -0.131. The first-order chi connectivity index (χ1) is 11.6.